The van der Waals surface area contributed by atoms with Gasteiger partial charge in [-0.1, -0.05) is 48.5 Å². The minimum absolute atomic E-state index is 0. The van der Waals surface area contributed by atoms with Gasteiger partial charge in [0.2, 0.25) is 5.91 Å². The van der Waals surface area contributed by atoms with Crippen LogP contribution in [0, 0.1) is 0 Å². The molecule has 2 atom stereocenters. The minimum Gasteiger partial charge on any atom is -0.453 e. The third kappa shape index (κ3) is 8.86. The fraction of sp³-hybridized carbons (Fsp3) is 0.192. The number of thiol groups is 1. The van der Waals surface area contributed by atoms with E-state index in [1.165, 1.54) is 18.4 Å². The number of thiophene rings is 1. The summed E-state index contributed by atoms with van der Waals surface area (Å²) in [6.07, 6.45) is -0.0394. The molecule has 4 rings (SSSR count). The van der Waals surface area contributed by atoms with Gasteiger partial charge in [-0.25, -0.2) is 23.7 Å². The lowest BCUT2D eigenvalue weighted by molar-refractivity contribution is -0.123. The van der Waals surface area contributed by atoms with Gasteiger partial charge in [0, 0.05) is 11.8 Å². The number of ether oxygens (including phenoxy) is 1. The molecule has 0 saturated carbocycles. The first kappa shape index (κ1) is 30.7. The van der Waals surface area contributed by atoms with Crippen LogP contribution in [-0.4, -0.2) is 38.6 Å². The monoisotopic (exact) mass is 603 g/mol. The van der Waals surface area contributed by atoms with Crippen molar-refractivity contribution >= 4 is 51.3 Å². The fourth-order valence-electron chi connectivity index (χ4n) is 3.76. The second-order valence-corrected chi connectivity index (χ2v) is 10.7. The standard InChI is InChI=1S/C26H26N4O6S3.H3N/c1-35-26(32)29-21(15-17-6-3-2-4-7-17)24(31)27-20(22-16-38-25(28-22)23-8-5-13-37-23)14-18-9-11-19(12-10-18)30-36-39(33)34;/h2-13,16,20-21,30,39H,14-15H2,1H3,(H,27,31)(H,29,32);1H3/t20-,21-;/m0./s1. The van der Waals surface area contributed by atoms with Crippen molar-refractivity contribution in [3.63, 3.8) is 0 Å². The number of aromatic nitrogens is 1. The summed E-state index contributed by atoms with van der Waals surface area (Å²) in [5.41, 5.74) is 5.22. The molecule has 0 saturated heterocycles. The highest BCUT2D eigenvalue weighted by atomic mass is 32.2. The normalized spacial score (nSPS) is 12.2. The van der Waals surface area contributed by atoms with Crippen molar-refractivity contribution in [2.45, 2.75) is 24.9 Å². The maximum absolute atomic E-state index is 13.5. The molecular formula is C26H29N5O6S3. The average Bonchev–Trinajstić information content (AvgIpc) is 3.65. The number of hydrogen-bond acceptors (Lipinski definition) is 11. The van der Waals surface area contributed by atoms with E-state index in [1.807, 2.05) is 53.2 Å². The van der Waals surface area contributed by atoms with Crippen LogP contribution in [0.3, 0.4) is 0 Å². The van der Waals surface area contributed by atoms with E-state index in [4.69, 9.17) is 9.72 Å². The van der Waals surface area contributed by atoms with Gasteiger partial charge < -0.3 is 21.5 Å². The summed E-state index contributed by atoms with van der Waals surface area (Å²) >= 11 is 3.06. The van der Waals surface area contributed by atoms with Gasteiger partial charge in [0.1, 0.15) is 11.0 Å². The molecule has 0 unspecified atom stereocenters. The molecular weight excluding hydrogens is 575 g/mol. The first-order chi connectivity index (χ1) is 18.9. The smallest absolute Gasteiger partial charge is 0.407 e. The third-order valence-electron chi connectivity index (χ3n) is 5.64. The molecule has 14 heteroatoms. The third-order valence-corrected chi connectivity index (χ3v) is 7.78. The average molecular weight is 604 g/mol. The molecule has 2 aromatic heterocycles. The SMILES string of the molecule is COC(=O)N[C@@H](Cc1ccccc1)C(=O)N[C@@H](Cc1ccc(NO[SH](=O)=O)cc1)c1csc(-c2cccs2)n1.N. The highest BCUT2D eigenvalue weighted by molar-refractivity contribution is 7.67. The van der Waals surface area contributed by atoms with Gasteiger partial charge >= 0.3 is 6.09 Å². The van der Waals surface area contributed by atoms with E-state index in [-0.39, 0.29) is 18.5 Å². The van der Waals surface area contributed by atoms with E-state index >= 15 is 0 Å². The number of thiazole rings is 1. The van der Waals surface area contributed by atoms with Crippen molar-refractivity contribution in [3.8, 4) is 9.88 Å². The maximum atomic E-state index is 13.5. The summed E-state index contributed by atoms with van der Waals surface area (Å²) in [6, 6.07) is 18.9. The molecule has 0 radical (unpaired) electrons. The first-order valence-electron chi connectivity index (χ1n) is 11.8. The van der Waals surface area contributed by atoms with Crippen molar-refractivity contribution in [3.05, 3.63) is 94.3 Å². The summed E-state index contributed by atoms with van der Waals surface area (Å²) in [5.74, 6) is -0.383. The Kier molecular flexibility index (Phi) is 11.6. The summed E-state index contributed by atoms with van der Waals surface area (Å²) in [6.45, 7) is 0. The molecule has 0 aliphatic carbocycles. The van der Waals surface area contributed by atoms with Crippen LogP contribution in [0.5, 0.6) is 0 Å². The molecule has 212 valence electrons. The minimum atomic E-state index is -3.04. The predicted octanol–water partition coefficient (Wildman–Crippen LogP) is 4.27. The van der Waals surface area contributed by atoms with Crippen LogP contribution >= 0.6 is 22.7 Å². The zero-order valence-electron chi connectivity index (χ0n) is 21.4. The second kappa shape index (κ2) is 15.1. The van der Waals surface area contributed by atoms with Crippen LogP contribution in [0.1, 0.15) is 22.9 Å². The van der Waals surface area contributed by atoms with Crippen molar-refractivity contribution in [1.29, 1.82) is 0 Å². The van der Waals surface area contributed by atoms with Gasteiger partial charge in [0.15, 0.2) is 0 Å². The molecule has 2 aromatic carbocycles. The molecule has 40 heavy (non-hydrogen) atoms. The van der Waals surface area contributed by atoms with Gasteiger partial charge in [-0.2, -0.15) is 4.28 Å². The lowest BCUT2D eigenvalue weighted by atomic mass is 10.0. The highest BCUT2D eigenvalue weighted by Crippen LogP contribution is 2.31. The summed E-state index contributed by atoms with van der Waals surface area (Å²) < 4.78 is 30.5. The molecule has 0 aliphatic heterocycles. The van der Waals surface area contributed by atoms with Gasteiger partial charge in [-0.05, 0) is 41.1 Å². The Hall–Kier alpha value is -3.82. The number of amides is 2. The Morgan fingerprint density at radius 3 is 2.30 bits per heavy atom. The highest BCUT2D eigenvalue weighted by Gasteiger charge is 2.26. The van der Waals surface area contributed by atoms with E-state index in [0.29, 0.717) is 17.8 Å². The predicted molar refractivity (Wildman–Crippen MR) is 156 cm³/mol. The Balaban J connectivity index is 0.00000441. The number of alkyl carbamates (subject to hydrolysis) is 1. The van der Waals surface area contributed by atoms with E-state index in [1.54, 1.807) is 35.6 Å². The van der Waals surface area contributed by atoms with Gasteiger partial charge in [-0.15, -0.1) is 22.7 Å². The van der Waals surface area contributed by atoms with Gasteiger partial charge in [0.05, 0.1) is 29.4 Å². The Morgan fingerprint density at radius 2 is 1.65 bits per heavy atom. The molecule has 4 aromatic rings. The number of nitrogens with one attached hydrogen (secondary N) is 3. The van der Waals surface area contributed by atoms with Crippen molar-refractivity contribution in [2.75, 3.05) is 12.6 Å². The number of nitrogens with zero attached hydrogens (tertiary/aromatic N) is 1. The van der Waals surface area contributed by atoms with E-state index < -0.39 is 29.2 Å². The number of anilines is 1. The van der Waals surface area contributed by atoms with Gasteiger partial charge in [-0.3, -0.25) is 4.79 Å². The second-order valence-electron chi connectivity index (χ2n) is 8.31. The quantitative estimate of drug-likeness (QED) is 0.117. The topological polar surface area (TPSA) is 171 Å². The van der Waals surface area contributed by atoms with E-state index in [2.05, 4.69) is 20.4 Å². The molecule has 2 amide bonds. The van der Waals surface area contributed by atoms with Crippen LogP contribution < -0.4 is 22.3 Å². The Labute approximate surface area is 241 Å². The van der Waals surface area contributed by atoms with Crippen molar-refractivity contribution in [1.82, 2.24) is 21.8 Å². The lowest BCUT2D eigenvalue weighted by Crippen LogP contribution is -2.49. The van der Waals surface area contributed by atoms with Crippen LogP contribution in [-0.2, 0) is 37.6 Å². The van der Waals surface area contributed by atoms with Crippen molar-refractivity contribution < 1.29 is 27.0 Å². The van der Waals surface area contributed by atoms with E-state index in [0.717, 1.165) is 21.0 Å². The van der Waals surface area contributed by atoms with Crippen molar-refractivity contribution in [2.24, 2.45) is 0 Å². The van der Waals surface area contributed by atoms with Gasteiger partial charge in [0.25, 0.3) is 11.0 Å². The number of hydrogen-bond donors (Lipinski definition) is 5. The van der Waals surface area contributed by atoms with Crippen LogP contribution in [0.15, 0.2) is 77.5 Å². The molecule has 11 nitrogen and oxygen atoms in total. The maximum Gasteiger partial charge on any atom is 0.407 e. The zero-order chi connectivity index (χ0) is 27.6. The molecule has 0 spiro atoms. The Morgan fingerprint density at radius 1 is 0.925 bits per heavy atom. The lowest BCUT2D eigenvalue weighted by Gasteiger charge is -2.23. The number of methoxy groups -OCH3 is 1. The summed E-state index contributed by atoms with van der Waals surface area (Å²) in [4.78, 5) is 31.4. The first-order valence-corrected chi connectivity index (χ1v) is 14.6. The zero-order valence-corrected chi connectivity index (χ0v) is 24.0. The summed E-state index contributed by atoms with van der Waals surface area (Å²) in [7, 11) is -1.79. The molecule has 0 aliphatic rings. The molecule has 0 fully saturated rings. The van der Waals surface area contributed by atoms with E-state index in [9.17, 15) is 18.0 Å². The number of carbonyl (C=O) groups is 2. The number of benzene rings is 2. The van der Waals surface area contributed by atoms with Crippen LogP contribution in [0.25, 0.3) is 9.88 Å². The molecule has 0 bridgehead atoms. The number of rotatable bonds is 12. The Bertz CT molecular complexity index is 1440. The van der Waals surface area contributed by atoms with Crippen LogP contribution in [0.2, 0.25) is 0 Å². The van der Waals surface area contributed by atoms with Crippen LogP contribution in [0.4, 0.5) is 10.5 Å². The fourth-order valence-corrected chi connectivity index (χ4v) is 5.62. The largest absolute Gasteiger partial charge is 0.453 e. The molecule has 6 N–H and O–H groups in total. The number of carbonyl (C=O) groups excluding carboxylic acids is 2. The molecule has 2 heterocycles. The summed E-state index contributed by atoms with van der Waals surface area (Å²) in [5, 5.41) is 10.4.